The summed E-state index contributed by atoms with van der Waals surface area (Å²) in [6.45, 7) is 4.10. The predicted octanol–water partition coefficient (Wildman–Crippen LogP) is 4.78. The first kappa shape index (κ1) is 17.0. The predicted molar refractivity (Wildman–Crippen MR) is 108 cm³/mol. The molecule has 6 nitrogen and oxygen atoms in total. The molecule has 0 amide bonds. The van der Waals surface area contributed by atoms with Crippen LogP contribution in [0.15, 0.2) is 45.7 Å². The van der Waals surface area contributed by atoms with E-state index in [4.69, 9.17) is 4.52 Å². The normalized spacial score (nSPS) is 14.9. The number of imidazole rings is 1. The number of H-pyrrole nitrogens is 1. The molecule has 0 aliphatic heterocycles. The van der Waals surface area contributed by atoms with Crippen molar-refractivity contribution in [2.75, 3.05) is 0 Å². The topological polar surface area (TPSA) is 76.7 Å². The molecule has 1 fully saturated rings. The van der Waals surface area contributed by atoms with E-state index in [-0.39, 0.29) is 5.69 Å². The maximum absolute atomic E-state index is 12.5. The van der Waals surface area contributed by atoms with E-state index in [1.807, 2.05) is 41.8 Å². The third kappa shape index (κ3) is 2.76. The minimum absolute atomic E-state index is 0.0388. The zero-order chi connectivity index (χ0) is 19.3. The summed E-state index contributed by atoms with van der Waals surface area (Å²) in [5.41, 5.74) is 5.78. The molecule has 1 N–H and O–H groups in total. The van der Waals surface area contributed by atoms with Crippen LogP contribution in [-0.4, -0.2) is 19.7 Å². The second kappa shape index (κ2) is 6.48. The van der Waals surface area contributed by atoms with Crippen LogP contribution in [0.25, 0.3) is 33.9 Å². The molecule has 1 aliphatic rings. The van der Waals surface area contributed by atoms with Crippen molar-refractivity contribution in [1.82, 2.24) is 19.7 Å². The summed E-state index contributed by atoms with van der Waals surface area (Å²) in [4.78, 5) is 20.1. The summed E-state index contributed by atoms with van der Waals surface area (Å²) in [5, 5.41) is 4.15. The lowest BCUT2D eigenvalue weighted by molar-refractivity contribution is 0.432. The summed E-state index contributed by atoms with van der Waals surface area (Å²) in [5.74, 6) is 1.02. The van der Waals surface area contributed by atoms with Crippen molar-refractivity contribution in [3.63, 3.8) is 0 Å². The van der Waals surface area contributed by atoms with Crippen LogP contribution >= 0.6 is 0 Å². The summed E-state index contributed by atoms with van der Waals surface area (Å²) in [7, 11) is 0. The quantitative estimate of drug-likeness (QED) is 0.560. The summed E-state index contributed by atoms with van der Waals surface area (Å²) >= 11 is 0. The van der Waals surface area contributed by atoms with Gasteiger partial charge >= 0.3 is 5.69 Å². The van der Waals surface area contributed by atoms with E-state index in [1.54, 1.807) is 0 Å². The van der Waals surface area contributed by atoms with Crippen LogP contribution in [-0.2, 0) is 0 Å². The maximum atomic E-state index is 12.5. The lowest BCUT2D eigenvalue weighted by Crippen LogP contribution is -2.20. The minimum atomic E-state index is -0.0388. The smallest absolute Gasteiger partial charge is 0.326 e. The number of aromatic nitrogens is 4. The van der Waals surface area contributed by atoms with E-state index in [2.05, 4.69) is 28.1 Å². The molecule has 0 bridgehead atoms. The SMILES string of the molecule is Cc1ccc(-c2nc(-c3ccc4c(c3)[nH]c(=O)n4C3CCCC3)no2)c(C)c1. The van der Waals surface area contributed by atoms with Crippen molar-refractivity contribution in [2.45, 2.75) is 45.6 Å². The summed E-state index contributed by atoms with van der Waals surface area (Å²) in [6, 6.07) is 12.3. The van der Waals surface area contributed by atoms with Gasteiger partial charge in [0.1, 0.15) is 0 Å². The minimum Gasteiger partial charge on any atom is -0.334 e. The first-order valence-corrected chi connectivity index (χ1v) is 9.76. The van der Waals surface area contributed by atoms with Gasteiger partial charge in [-0.25, -0.2) is 4.79 Å². The number of aryl methyl sites for hydroxylation is 2. The van der Waals surface area contributed by atoms with Gasteiger partial charge in [-0.15, -0.1) is 0 Å². The molecule has 6 heteroatoms. The van der Waals surface area contributed by atoms with Crippen LogP contribution in [0.2, 0.25) is 0 Å². The van der Waals surface area contributed by atoms with Crippen LogP contribution in [0.1, 0.15) is 42.9 Å². The van der Waals surface area contributed by atoms with Crippen LogP contribution < -0.4 is 5.69 Å². The molecule has 4 aromatic rings. The number of nitrogens with zero attached hydrogens (tertiary/aromatic N) is 3. The highest BCUT2D eigenvalue weighted by Gasteiger charge is 2.21. The van der Waals surface area contributed by atoms with Gasteiger partial charge in [0, 0.05) is 17.2 Å². The second-order valence-corrected chi connectivity index (χ2v) is 7.71. The summed E-state index contributed by atoms with van der Waals surface area (Å²) < 4.78 is 7.42. The van der Waals surface area contributed by atoms with Crippen LogP contribution in [0.3, 0.4) is 0 Å². The number of benzene rings is 2. The Bertz CT molecular complexity index is 1230. The second-order valence-electron chi connectivity index (χ2n) is 7.71. The van der Waals surface area contributed by atoms with Crippen molar-refractivity contribution >= 4 is 11.0 Å². The fraction of sp³-hybridized carbons (Fsp3) is 0.318. The fourth-order valence-corrected chi connectivity index (χ4v) is 4.30. The Kier molecular flexibility index (Phi) is 3.93. The van der Waals surface area contributed by atoms with Gasteiger partial charge in [-0.2, -0.15) is 4.98 Å². The average molecular weight is 374 g/mol. The van der Waals surface area contributed by atoms with Gasteiger partial charge in [0.2, 0.25) is 5.82 Å². The number of hydrogen-bond donors (Lipinski definition) is 1. The monoisotopic (exact) mass is 374 g/mol. The molecule has 1 aliphatic carbocycles. The molecule has 0 radical (unpaired) electrons. The number of nitrogens with one attached hydrogen (secondary N) is 1. The Balaban J connectivity index is 1.53. The third-order valence-corrected chi connectivity index (χ3v) is 5.70. The van der Waals surface area contributed by atoms with E-state index >= 15 is 0 Å². The molecule has 0 unspecified atom stereocenters. The zero-order valence-corrected chi connectivity index (χ0v) is 16.0. The highest BCUT2D eigenvalue weighted by Crippen LogP contribution is 2.32. The van der Waals surface area contributed by atoms with E-state index in [0.717, 1.165) is 40.6 Å². The van der Waals surface area contributed by atoms with E-state index in [9.17, 15) is 4.79 Å². The highest BCUT2D eigenvalue weighted by atomic mass is 16.5. The number of rotatable bonds is 3. The Morgan fingerprint density at radius 2 is 1.93 bits per heavy atom. The largest absolute Gasteiger partial charge is 0.334 e. The van der Waals surface area contributed by atoms with Gasteiger partial charge in [-0.05, 0) is 56.5 Å². The Labute approximate surface area is 162 Å². The zero-order valence-electron chi connectivity index (χ0n) is 16.0. The van der Waals surface area contributed by atoms with Gasteiger partial charge in [-0.3, -0.25) is 4.57 Å². The maximum Gasteiger partial charge on any atom is 0.326 e. The first-order chi connectivity index (χ1) is 13.6. The van der Waals surface area contributed by atoms with Gasteiger partial charge in [0.25, 0.3) is 5.89 Å². The molecule has 2 heterocycles. The molecule has 1 saturated carbocycles. The Morgan fingerprint density at radius 3 is 2.71 bits per heavy atom. The van der Waals surface area contributed by atoms with Gasteiger partial charge in [0.05, 0.1) is 11.0 Å². The molecular weight excluding hydrogens is 352 g/mol. The van der Waals surface area contributed by atoms with Crippen molar-refractivity contribution < 1.29 is 4.52 Å². The molecule has 0 atom stereocenters. The van der Waals surface area contributed by atoms with Crippen molar-refractivity contribution in [3.8, 4) is 22.8 Å². The van der Waals surface area contributed by atoms with Crippen molar-refractivity contribution in [2.24, 2.45) is 0 Å². The van der Waals surface area contributed by atoms with E-state index in [1.165, 1.54) is 18.4 Å². The summed E-state index contributed by atoms with van der Waals surface area (Å²) in [6.07, 6.45) is 4.51. The molecular formula is C22H22N4O2. The van der Waals surface area contributed by atoms with Gasteiger partial charge in [0.15, 0.2) is 0 Å². The number of fused-ring (bicyclic) bond motifs is 1. The van der Waals surface area contributed by atoms with Crippen molar-refractivity contribution in [1.29, 1.82) is 0 Å². The molecule has 0 saturated heterocycles. The molecule has 2 aromatic carbocycles. The Morgan fingerprint density at radius 1 is 1.11 bits per heavy atom. The van der Waals surface area contributed by atoms with Gasteiger partial charge in [-0.1, -0.05) is 35.7 Å². The average Bonchev–Trinajstić information content (AvgIpc) is 3.40. The highest BCUT2D eigenvalue weighted by molar-refractivity contribution is 5.81. The first-order valence-electron chi connectivity index (χ1n) is 9.76. The van der Waals surface area contributed by atoms with Crippen LogP contribution in [0.5, 0.6) is 0 Å². The lowest BCUT2D eigenvalue weighted by Gasteiger charge is -2.11. The van der Waals surface area contributed by atoms with E-state index in [0.29, 0.717) is 17.8 Å². The molecule has 28 heavy (non-hydrogen) atoms. The van der Waals surface area contributed by atoms with Crippen LogP contribution in [0, 0.1) is 13.8 Å². The van der Waals surface area contributed by atoms with Crippen molar-refractivity contribution in [3.05, 3.63) is 58.0 Å². The molecule has 142 valence electrons. The Hall–Kier alpha value is -3.15. The number of aromatic amines is 1. The lowest BCUT2D eigenvalue weighted by atomic mass is 10.1. The van der Waals surface area contributed by atoms with Crippen LogP contribution in [0.4, 0.5) is 0 Å². The fourth-order valence-electron chi connectivity index (χ4n) is 4.30. The molecule has 2 aromatic heterocycles. The molecule has 0 spiro atoms. The van der Waals surface area contributed by atoms with Gasteiger partial charge < -0.3 is 9.51 Å². The third-order valence-electron chi connectivity index (χ3n) is 5.70. The van der Waals surface area contributed by atoms with E-state index < -0.39 is 0 Å². The molecule has 5 rings (SSSR count). The number of hydrogen-bond acceptors (Lipinski definition) is 4. The standard InChI is InChI=1S/C22H22N4O2/c1-13-7-9-17(14(2)11-13)21-24-20(25-28-21)15-8-10-19-18(12-15)23-22(27)26(19)16-5-3-4-6-16/h7-12,16H,3-6H2,1-2H3,(H,23,27).